The Balaban J connectivity index is 1.55. The maximum absolute atomic E-state index is 12.5. The number of likely N-dealkylation sites (tertiary alicyclic amines) is 1. The van der Waals surface area contributed by atoms with E-state index < -0.39 is 6.10 Å². The van der Waals surface area contributed by atoms with Crippen LogP contribution in [0.25, 0.3) is 0 Å². The van der Waals surface area contributed by atoms with Crippen molar-refractivity contribution < 1.29 is 14.3 Å². The predicted molar refractivity (Wildman–Crippen MR) is 91.4 cm³/mol. The van der Waals surface area contributed by atoms with Crippen LogP contribution in [0.3, 0.4) is 0 Å². The van der Waals surface area contributed by atoms with Gasteiger partial charge in [-0.2, -0.15) is 0 Å². The molecule has 0 spiro atoms. The molecule has 1 aromatic carbocycles. The number of aliphatic hydroxyl groups is 1. The highest BCUT2D eigenvalue weighted by atomic mass is 16.4. The van der Waals surface area contributed by atoms with Crippen molar-refractivity contribution in [1.29, 1.82) is 0 Å². The van der Waals surface area contributed by atoms with Gasteiger partial charge in [-0.05, 0) is 37.5 Å². The number of hydrogen-bond acceptors (Lipinski definition) is 3. The number of carbonyl (C=O) groups is 1. The first-order chi connectivity index (χ1) is 11.6. The Kier molecular flexibility index (Phi) is 5.20. The van der Waals surface area contributed by atoms with E-state index in [-0.39, 0.29) is 12.1 Å². The van der Waals surface area contributed by atoms with Crippen molar-refractivity contribution in [3.05, 3.63) is 59.5 Å². The number of nitrogens with zero attached hydrogens (tertiary/aromatic N) is 1. The zero-order chi connectivity index (χ0) is 16.9. The number of carbonyl (C=O) groups excluding carboxylic acids is 1. The summed E-state index contributed by atoms with van der Waals surface area (Å²) in [7, 11) is 0. The minimum absolute atomic E-state index is 0.0441. The van der Waals surface area contributed by atoms with E-state index in [0.29, 0.717) is 18.7 Å². The Morgan fingerprint density at radius 1 is 1.42 bits per heavy atom. The topological polar surface area (TPSA) is 65.7 Å². The molecule has 128 valence electrons. The van der Waals surface area contributed by atoms with Crippen LogP contribution < -0.4 is 5.32 Å². The van der Waals surface area contributed by atoms with Crippen LogP contribution in [-0.4, -0.2) is 28.6 Å². The van der Waals surface area contributed by atoms with E-state index >= 15 is 0 Å². The molecule has 5 nitrogen and oxygen atoms in total. The van der Waals surface area contributed by atoms with Crippen molar-refractivity contribution >= 4 is 6.03 Å². The predicted octanol–water partition coefficient (Wildman–Crippen LogP) is 3.39. The summed E-state index contributed by atoms with van der Waals surface area (Å²) in [6.45, 7) is 3.29. The molecule has 1 aromatic heterocycles. The van der Waals surface area contributed by atoms with Crippen molar-refractivity contribution in [3.63, 3.8) is 0 Å². The Morgan fingerprint density at radius 3 is 3.04 bits per heavy atom. The van der Waals surface area contributed by atoms with E-state index in [2.05, 4.69) is 11.4 Å². The lowest BCUT2D eigenvalue weighted by Gasteiger charge is -2.26. The van der Waals surface area contributed by atoms with E-state index in [0.717, 1.165) is 24.9 Å². The molecule has 1 saturated heterocycles. The standard InChI is InChI=1S/C19H24N2O3/c1-14-5-2-6-15(11-14)13-20-19(23)21-9-3-7-16(21)12-17(22)18-8-4-10-24-18/h2,4-6,8,10-11,16-17,22H,3,7,9,12-13H2,1H3,(H,20,23). The number of furan rings is 1. The summed E-state index contributed by atoms with van der Waals surface area (Å²) in [6, 6.07) is 11.6. The van der Waals surface area contributed by atoms with Crippen LogP contribution >= 0.6 is 0 Å². The summed E-state index contributed by atoms with van der Waals surface area (Å²) >= 11 is 0. The van der Waals surface area contributed by atoms with Crippen molar-refractivity contribution in [2.45, 2.75) is 44.9 Å². The number of urea groups is 1. The molecule has 0 aliphatic carbocycles. The van der Waals surface area contributed by atoms with Crippen LogP contribution in [0.4, 0.5) is 4.79 Å². The van der Waals surface area contributed by atoms with Gasteiger partial charge >= 0.3 is 6.03 Å². The van der Waals surface area contributed by atoms with Gasteiger partial charge in [-0.15, -0.1) is 0 Å². The first kappa shape index (κ1) is 16.6. The third-order valence-corrected chi connectivity index (χ3v) is 4.53. The lowest BCUT2D eigenvalue weighted by atomic mass is 10.1. The van der Waals surface area contributed by atoms with Gasteiger partial charge in [-0.3, -0.25) is 0 Å². The summed E-state index contributed by atoms with van der Waals surface area (Å²) in [5.41, 5.74) is 2.28. The van der Waals surface area contributed by atoms with Crippen LogP contribution in [-0.2, 0) is 6.54 Å². The number of amides is 2. The number of benzene rings is 1. The molecular formula is C19H24N2O3. The molecule has 2 heterocycles. The zero-order valence-electron chi connectivity index (χ0n) is 13.9. The van der Waals surface area contributed by atoms with Gasteiger partial charge in [0.1, 0.15) is 11.9 Å². The van der Waals surface area contributed by atoms with Crippen LogP contribution in [0, 0.1) is 6.92 Å². The van der Waals surface area contributed by atoms with E-state index in [1.165, 1.54) is 5.56 Å². The largest absolute Gasteiger partial charge is 0.467 e. The monoisotopic (exact) mass is 328 g/mol. The van der Waals surface area contributed by atoms with Crippen molar-refractivity contribution in [2.75, 3.05) is 6.54 Å². The molecule has 2 amide bonds. The Labute approximate surface area is 142 Å². The van der Waals surface area contributed by atoms with Crippen LogP contribution in [0.5, 0.6) is 0 Å². The molecule has 0 saturated carbocycles. The summed E-state index contributed by atoms with van der Waals surface area (Å²) in [5.74, 6) is 0.557. The smallest absolute Gasteiger partial charge is 0.317 e. The highest BCUT2D eigenvalue weighted by Crippen LogP contribution is 2.27. The first-order valence-electron chi connectivity index (χ1n) is 8.45. The second-order valence-electron chi connectivity index (χ2n) is 6.40. The minimum atomic E-state index is -0.671. The molecule has 0 bridgehead atoms. The summed E-state index contributed by atoms with van der Waals surface area (Å²) in [4.78, 5) is 14.3. The first-order valence-corrected chi connectivity index (χ1v) is 8.45. The summed E-state index contributed by atoms with van der Waals surface area (Å²) < 4.78 is 5.25. The Bertz CT molecular complexity index is 669. The third kappa shape index (κ3) is 3.97. The molecule has 1 aliphatic rings. The fourth-order valence-electron chi connectivity index (χ4n) is 3.30. The molecule has 1 aliphatic heterocycles. The van der Waals surface area contributed by atoms with E-state index in [1.807, 2.05) is 30.0 Å². The fraction of sp³-hybridized carbons (Fsp3) is 0.421. The average molecular weight is 328 g/mol. The SMILES string of the molecule is Cc1cccc(CNC(=O)N2CCCC2CC(O)c2ccco2)c1. The summed E-state index contributed by atoms with van der Waals surface area (Å²) in [6.07, 6.45) is 3.27. The minimum Gasteiger partial charge on any atom is -0.467 e. The number of aliphatic hydroxyl groups excluding tert-OH is 1. The van der Waals surface area contributed by atoms with Gasteiger partial charge in [-0.1, -0.05) is 29.8 Å². The van der Waals surface area contributed by atoms with Gasteiger partial charge in [0.25, 0.3) is 0 Å². The molecule has 3 rings (SSSR count). The average Bonchev–Trinajstić information content (AvgIpc) is 3.24. The summed E-state index contributed by atoms with van der Waals surface area (Å²) in [5, 5.41) is 13.2. The number of rotatable bonds is 5. The van der Waals surface area contributed by atoms with Gasteiger partial charge in [-0.25, -0.2) is 4.79 Å². The highest BCUT2D eigenvalue weighted by molar-refractivity contribution is 5.74. The molecule has 2 N–H and O–H groups in total. The van der Waals surface area contributed by atoms with E-state index in [9.17, 15) is 9.90 Å². The molecule has 2 unspecified atom stereocenters. The molecule has 24 heavy (non-hydrogen) atoms. The second-order valence-corrected chi connectivity index (χ2v) is 6.40. The molecule has 5 heteroatoms. The van der Waals surface area contributed by atoms with Crippen LogP contribution in [0.2, 0.25) is 0 Å². The fourth-order valence-corrected chi connectivity index (χ4v) is 3.30. The Hall–Kier alpha value is -2.27. The number of nitrogens with one attached hydrogen (secondary N) is 1. The van der Waals surface area contributed by atoms with Gasteiger partial charge in [0, 0.05) is 25.6 Å². The van der Waals surface area contributed by atoms with Crippen molar-refractivity contribution in [3.8, 4) is 0 Å². The van der Waals surface area contributed by atoms with E-state index in [1.54, 1.807) is 18.4 Å². The molecule has 1 fully saturated rings. The lowest BCUT2D eigenvalue weighted by Crippen LogP contribution is -2.43. The normalized spacial score (nSPS) is 18.6. The zero-order valence-corrected chi connectivity index (χ0v) is 13.9. The maximum Gasteiger partial charge on any atom is 0.317 e. The van der Waals surface area contributed by atoms with Gasteiger partial charge in [0.2, 0.25) is 0 Å². The second kappa shape index (κ2) is 7.53. The number of aryl methyl sites for hydroxylation is 1. The van der Waals surface area contributed by atoms with Gasteiger partial charge < -0.3 is 19.7 Å². The molecule has 0 radical (unpaired) electrons. The lowest BCUT2D eigenvalue weighted by molar-refractivity contribution is 0.108. The molecule has 2 aromatic rings. The van der Waals surface area contributed by atoms with Crippen LogP contribution in [0.1, 0.15) is 42.3 Å². The van der Waals surface area contributed by atoms with Crippen molar-refractivity contribution in [2.24, 2.45) is 0 Å². The Morgan fingerprint density at radius 2 is 2.29 bits per heavy atom. The third-order valence-electron chi connectivity index (χ3n) is 4.53. The highest BCUT2D eigenvalue weighted by Gasteiger charge is 2.31. The molecule has 2 atom stereocenters. The number of hydrogen-bond donors (Lipinski definition) is 2. The van der Waals surface area contributed by atoms with Gasteiger partial charge in [0.05, 0.1) is 6.26 Å². The van der Waals surface area contributed by atoms with E-state index in [4.69, 9.17) is 4.42 Å². The van der Waals surface area contributed by atoms with Gasteiger partial charge in [0.15, 0.2) is 0 Å². The maximum atomic E-state index is 12.5. The van der Waals surface area contributed by atoms with Crippen LogP contribution in [0.15, 0.2) is 47.1 Å². The quantitative estimate of drug-likeness (QED) is 0.884. The van der Waals surface area contributed by atoms with Crippen molar-refractivity contribution in [1.82, 2.24) is 10.2 Å². The molecular weight excluding hydrogens is 304 g/mol.